The summed E-state index contributed by atoms with van der Waals surface area (Å²) in [5, 5.41) is 16.0. The summed E-state index contributed by atoms with van der Waals surface area (Å²) >= 11 is 12.2. The number of piperidine rings is 1. The minimum Gasteiger partial charge on any atom is -0.493 e. The Balaban J connectivity index is 1.43. The molecule has 5 rings (SSSR count). The topological polar surface area (TPSA) is 132 Å². The number of methoxy groups -OCH3 is 1. The van der Waals surface area contributed by atoms with Crippen molar-refractivity contribution in [2.45, 2.75) is 39.7 Å². The number of carbonyl (C=O) groups is 1. The van der Waals surface area contributed by atoms with E-state index in [9.17, 15) is 10.1 Å². The highest BCUT2D eigenvalue weighted by Crippen LogP contribution is 2.40. The van der Waals surface area contributed by atoms with Gasteiger partial charge in [0, 0.05) is 24.7 Å². The molecule has 0 bridgehead atoms. The van der Waals surface area contributed by atoms with E-state index in [4.69, 9.17) is 43.5 Å². The average molecular weight is 621 g/mol. The number of ether oxygens (including phenoxy) is 2. The van der Waals surface area contributed by atoms with Gasteiger partial charge >= 0.3 is 0 Å². The molecule has 0 aliphatic carbocycles. The molecule has 1 amide bonds. The summed E-state index contributed by atoms with van der Waals surface area (Å²) < 4.78 is 13.5. The van der Waals surface area contributed by atoms with Crippen molar-refractivity contribution in [3.63, 3.8) is 0 Å². The Morgan fingerprint density at radius 2 is 1.84 bits per heavy atom. The van der Waals surface area contributed by atoms with Gasteiger partial charge in [-0.2, -0.15) is 10.4 Å². The number of aromatic nitrogens is 4. The smallest absolute Gasteiger partial charge is 0.264 e. The summed E-state index contributed by atoms with van der Waals surface area (Å²) in [4.78, 5) is 23.5. The van der Waals surface area contributed by atoms with Gasteiger partial charge in [-0.15, -0.1) is 0 Å². The van der Waals surface area contributed by atoms with Crippen molar-refractivity contribution in [1.82, 2.24) is 24.6 Å². The highest BCUT2D eigenvalue weighted by Gasteiger charge is 2.30. The lowest BCUT2D eigenvalue weighted by atomic mass is 9.93. The fourth-order valence-electron chi connectivity index (χ4n) is 5.08. The lowest BCUT2D eigenvalue weighted by Crippen LogP contribution is -2.40. The monoisotopic (exact) mass is 619 g/mol. The van der Waals surface area contributed by atoms with Crippen LogP contribution >= 0.6 is 23.2 Å². The molecule has 0 unspecified atom stereocenters. The van der Waals surface area contributed by atoms with Crippen molar-refractivity contribution < 1.29 is 14.3 Å². The van der Waals surface area contributed by atoms with Crippen molar-refractivity contribution in [3.05, 3.63) is 64.4 Å². The normalized spacial score (nSPS) is 14.5. The van der Waals surface area contributed by atoms with Crippen LogP contribution in [0.25, 0.3) is 22.3 Å². The number of nitriles is 1. The first-order chi connectivity index (χ1) is 20.5. The highest BCUT2D eigenvalue weighted by molar-refractivity contribution is 6.42. The number of nitrogens with two attached hydrogens (primary N) is 1. The van der Waals surface area contributed by atoms with Crippen LogP contribution in [0.15, 0.2) is 54.4 Å². The number of likely N-dealkylation sites (tertiary alicyclic amines) is 1. The third-order valence-corrected chi connectivity index (χ3v) is 7.84. The first kappa shape index (κ1) is 30.1. The average Bonchev–Trinajstić information content (AvgIpc) is 3.38. The molecule has 12 heteroatoms. The maximum atomic E-state index is 13.1. The second-order valence-corrected chi connectivity index (χ2v) is 12.2. The summed E-state index contributed by atoms with van der Waals surface area (Å²) in [6.45, 7) is 6.86. The van der Waals surface area contributed by atoms with E-state index in [1.165, 1.54) is 6.33 Å². The van der Waals surface area contributed by atoms with Gasteiger partial charge in [0.2, 0.25) is 0 Å². The van der Waals surface area contributed by atoms with Gasteiger partial charge in [-0.25, -0.2) is 14.6 Å². The second kappa shape index (κ2) is 12.1. The quantitative estimate of drug-likeness (QED) is 0.183. The Morgan fingerprint density at radius 1 is 1.09 bits per heavy atom. The number of hydrogen-bond donors (Lipinski definition) is 1. The number of halogens is 2. The van der Waals surface area contributed by atoms with E-state index in [1.54, 1.807) is 42.4 Å². The molecule has 43 heavy (non-hydrogen) atoms. The van der Waals surface area contributed by atoms with Gasteiger partial charge in [-0.1, -0.05) is 50.0 Å². The standard InChI is InChI=1S/C31H31Cl2N7O3/c1-31(2,3)15-19(16-34)30(41)39-11-9-20(10-12-39)40-29-26(28(35)36-17-37-29)27(38-40)18-5-8-24(25(13-18)42-4)43-21-6-7-22(32)23(33)14-21/h5-8,13-15,17,20H,9-12H2,1-4H3,(H2,35,36,37)/b19-15+. The minimum atomic E-state index is -0.278. The molecule has 0 saturated carbocycles. The molecule has 1 fully saturated rings. The van der Waals surface area contributed by atoms with Crippen LogP contribution in [-0.4, -0.2) is 50.8 Å². The lowest BCUT2D eigenvalue weighted by Gasteiger charge is -2.32. The van der Waals surface area contributed by atoms with E-state index in [0.717, 1.165) is 5.56 Å². The van der Waals surface area contributed by atoms with Crippen molar-refractivity contribution in [3.8, 4) is 34.6 Å². The number of anilines is 1. The van der Waals surface area contributed by atoms with E-state index < -0.39 is 0 Å². The summed E-state index contributed by atoms with van der Waals surface area (Å²) in [7, 11) is 1.55. The van der Waals surface area contributed by atoms with Crippen molar-refractivity contribution in [1.29, 1.82) is 5.26 Å². The fraction of sp³-hybridized carbons (Fsp3) is 0.323. The van der Waals surface area contributed by atoms with E-state index in [1.807, 2.05) is 37.6 Å². The molecule has 1 saturated heterocycles. The number of benzene rings is 2. The van der Waals surface area contributed by atoms with Crippen LogP contribution in [0.2, 0.25) is 10.0 Å². The van der Waals surface area contributed by atoms with Gasteiger partial charge in [0.15, 0.2) is 17.1 Å². The SMILES string of the molecule is COc1cc(-c2nn(C3CCN(C(=O)/C(C#N)=C/C(C)(C)C)CC3)c3ncnc(N)c23)ccc1Oc1ccc(Cl)c(Cl)c1. The Kier molecular flexibility index (Phi) is 8.49. The van der Waals surface area contributed by atoms with Crippen LogP contribution in [-0.2, 0) is 4.79 Å². The summed E-state index contributed by atoms with van der Waals surface area (Å²) in [5.41, 5.74) is 8.19. The minimum absolute atomic E-state index is 0.0362. The molecule has 2 aromatic heterocycles. The Hall–Kier alpha value is -4.33. The molecule has 3 heterocycles. The van der Waals surface area contributed by atoms with Gasteiger partial charge in [-0.05, 0) is 48.6 Å². The maximum absolute atomic E-state index is 13.1. The molecule has 1 aliphatic heterocycles. The first-order valence-corrected chi connectivity index (χ1v) is 14.5. The van der Waals surface area contributed by atoms with E-state index in [-0.39, 0.29) is 22.9 Å². The molecule has 10 nitrogen and oxygen atoms in total. The maximum Gasteiger partial charge on any atom is 0.264 e. The second-order valence-electron chi connectivity index (χ2n) is 11.4. The molecule has 2 N–H and O–H groups in total. The summed E-state index contributed by atoms with van der Waals surface area (Å²) in [5.74, 6) is 1.52. The molecule has 2 aromatic carbocycles. The molecule has 0 atom stereocenters. The van der Waals surface area contributed by atoms with Gasteiger partial charge in [0.25, 0.3) is 5.91 Å². The number of amides is 1. The number of allylic oxidation sites excluding steroid dienone is 1. The highest BCUT2D eigenvalue weighted by atomic mass is 35.5. The van der Waals surface area contributed by atoms with Crippen LogP contribution in [0.5, 0.6) is 17.2 Å². The van der Waals surface area contributed by atoms with Crippen molar-refractivity contribution in [2.75, 3.05) is 25.9 Å². The van der Waals surface area contributed by atoms with E-state index >= 15 is 0 Å². The van der Waals surface area contributed by atoms with Crippen molar-refractivity contribution in [2.24, 2.45) is 5.41 Å². The first-order valence-electron chi connectivity index (χ1n) is 13.7. The lowest BCUT2D eigenvalue weighted by molar-refractivity contribution is -0.128. The largest absolute Gasteiger partial charge is 0.493 e. The number of hydrogen-bond acceptors (Lipinski definition) is 8. The molecule has 0 radical (unpaired) electrons. The molecule has 0 spiro atoms. The number of carbonyl (C=O) groups excluding carboxylic acids is 1. The summed E-state index contributed by atoms with van der Waals surface area (Å²) in [6.07, 6.45) is 4.42. The molecular weight excluding hydrogens is 589 g/mol. The van der Waals surface area contributed by atoms with Gasteiger partial charge < -0.3 is 20.1 Å². The zero-order chi connectivity index (χ0) is 30.9. The third kappa shape index (κ3) is 6.38. The van der Waals surface area contributed by atoms with Crippen LogP contribution in [0.1, 0.15) is 39.7 Å². The number of fused-ring (bicyclic) bond motifs is 1. The predicted molar refractivity (Wildman–Crippen MR) is 166 cm³/mol. The van der Waals surface area contributed by atoms with Gasteiger partial charge in [-0.3, -0.25) is 4.79 Å². The molecule has 1 aliphatic rings. The molecule has 4 aromatic rings. The zero-order valence-electron chi connectivity index (χ0n) is 24.3. The third-order valence-electron chi connectivity index (χ3n) is 7.10. The van der Waals surface area contributed by atoms with Crippen LogP contribution in [0.3, 0.4) is 0 Å². The Labute approximate surface area is 259 Å². The van der Waals surface area contributed by atoms with Crippen LogP contribution in [0.4, 0.5) is 5.82 Å². The summed E-state index contributed by atoms with van der Waals surface area (Å²) in [6, 6.07) is 12.5. The number of rotatable bonds is 6. The van der Waals surface area contributed by atoms with Gasteiger partial charge in [0.05, 0.1) is 28.6 Å². The molecular formula is C31H31Cl2N7O3. The van der Waals surface area contributed by atoms with E-state index in [0.29, 0.717) is 75.8 Å². The van der Waals surface area contributed by atoms with E-state index in [2.05, 4.69) is 16.0 Å². The van der Waals surface area contributed by atoms with Crippen LogP contribution < -0.4 is 15.2 Å². The van der Waals surface area contributed by atoms with Crippen molar-refractivity contribution >= 4 is 46.0 Å². The number of nitrogen functional groups attached to an aromatic ring is 1. The fourth-order valence-corrected chi connectivity index (χ4v) is 5.37. The zero-order valence-corrected chi connectivity index (χ0v) is 25.8. The molecule has 222 valence electrons. The van der Waals surface area contributed by atoms with Gasteiger partial charge in [0.1, 0.15) is 35.2 Å². The number of nitrogens with zero attached hydrogens (tertiary/aromatic N) is 6. The van der Waals surface area contributed by atoms with Crippen LogP contribution in [0, 0.1) is 16.7 Å². The Bertz CT molecular complexity index is 1760. The Morgan fingerprint density at radius 3 is 2.49 bits per heavy atom. The predicted octanol–water partition coefficient (Wildman–Crippen LogP) is 6.84.